The molecule has 2 saturated heterocycles. The molecule has 2 aliphatic rings. The largest absolute Gasteiger partial charge is 0.378 e. The predicted octanol–water partition coefficient (Wildman–Crippen LogP) is 2.63. The van der Waals surface area contributed by atoms with Crippen molar-refractivity contribution in [2.24, 2.45) is 5.92 Å². The molecule has 0 aliphatic carbocycles. The third kappa shape index (κ3) is 5.28. The number of non-ortho nitro benzene ring substituents is 1. The van der Waals surface area contributed by atoms with Gasteiger partial charge < -0.3 is 19.9 Å². The highest BCUT2D eigenvalue weighted by Gasteiger charge is 2.31. The molecule has 3 heterocycles. The fourth-order valence-electron chi connectivity index (χ4n) is 4.24. The van der Waals surface area contributed by atoms with Crippen LogP contribution in [0.5, 0.6) is 0 Å². The molecule has 1 aromatic heterocycles. The molecule has 33 heavy (non-hydrogen) atoms. The van der Waals surface area contributed by atoms with Crippen LogP contribution in [0.15, 0.2) is 36.5 Å². The first-order valence-electron chi connectivity index (χ1n) is 11.1. The summed E-state index contributed by atoms with van der Waals surface area (Å²) in [5.74, 6) is -0.0607. The Morgan fingerprint density at radius 1 is 1.12 bits per heavy atom. The van der Waals surface area contributed by atoms with Crippen LogP contribution in [-0.4, -0.2) is 66.0 Å². The van der Waals surface area contributed by atoms with E-state index in [1.165, 1.54) is 12.1 Å². The van der Waals surface area contributed by atoms with Crippen molar-refractivity contribution >= 4 is 29.0 Å². The number of nitrogens with zero attached hydrogens (tertiary/aromatic N) is 4. The molecule has 2 aromatic rings. The number of benzene rings is 1. The van der Waals surface area contributed by atoms with Crippen molar-refractivity contribution in [1.29, 1.82) is 0 Å². The van der Waals surface area contributed by atoms with Gasteiger partial charge in [0, 0.05) is 50.4 Å². The molecular formula is C23H27N5O5. The van der Waals surface area contributed by atoms with E-state index in [1.54, 1.807) is 17.2 Å². The van der Waals surface area contributed by atoms with Gasteiger partial charge in [-0.1, -0.05) is 0 Å². The number of piperidine rings is 1. The summed E-state index contributed by atoms with van der Waals surface area (Å²) in [6, 6.07) is 8.10. The summed E-state index contributed by atoms with van der Waals surface area (Å²) in [5.41, 5.74) is 1.89. The van der Waals surface area contributed by atoms with Crippen molar-refractivity contribution in [3.8, 4) is 0 Å². The van der Waals surface area contributed by atoms with Gasteiger partial charge in [0.1, 0.15) is 5.82 Å². The Bertz CT molecular complexity index is 1050. The van der Waals surface area contributed by atoms with Gasteiger partial charge in [-0.15, -0.1) is 0 Å². The molecule has 2 amide bonds. The third-order valence-electron chi connectivity index (χ3n) is 6.09. The van der Waals surface area contributed by atoms with Crippen LogP contribution in [0.1, 0.15) is 28.8 Å². The number of morpholine rings is 1. The molecule has 0 bridgehead atoms. The van der Waals surface area contributed by atoms with Gasteiger partial charge in [0.15, 0.2) is 0 Å². The van der Waals surface area contributed by atoms with E-state index >= 15 is 0 Å². The molecule has 0 spiro atoms. The number of aromatic nitrogens is 1. The average molecular weight is 453 g/mol. The normalized spacial score (nSPS) is 17.0. The number of carbonyl (C=O) groups is 2. The maximum Gasteiger partial charge on any atom is 0.270 e. The van der Waals surface area contributed by atoms with Crippen LogP contribution in [0.25, 0.3) is 0 Å². The molecule has 4 rings (SSSR count). The number of likely N-dealkylation sites (tertiary alicyclic amines) is 1. The number of rotatable bonds is 5. The zero-order valence-corrected chi connectivity index (χ0v) is 18.5. The Morgan fingerprint density at radius 2 is 1.85 bits per heavy atom. The van der Waals surface area contributed by atoms with Gasteiger partial charge in [0.05, 0.1) is 29.4 Å². The summed E-state index contributed by atoms with van der Waals surface area (Å²) in [6.45, 7) is 5.07. The maximum absolute atomic E-state index is 13.4. The van der Waals surface area contributed by atoms with Crippen LogP contribution in [0.3, 0.4) is 0 Å². The number of hydrogen-bond donors (Lipinski definition) is 1. The Kier molecular flexibility index (Phi) is 6.83. The molecule has 0 unspecified atom stereocenters. The molecule has 2 fully saturated rings. The second-order valence-electron chi connectivity index (χ2n) is 8.33. The summed E-state index contributed by atoms with van der Waals surface area (Å²) >= 11 is 0. The minimum Gasteiger partial charge on any atom is -0.378 e. The van der Waals surface area contributed by atoms with Crippen LogP contribution < -0.4 is 10.2 Å². The highest BCUT2D eigenvalue weighted by atomic mass is 16.6. The molecule has 1 N–H and O–H groups in total. The smallest absolute Gasteiger partial charge is 0.270 e. The van der Waals surface area contributed by atoms with Crippen molar-refractivity contribution in [2.75, 3.05) is 49.6 Å². The third-order valence-corrected chi connectivity index (χ3v) is 6.09. The summed E-state index contributed by atoms with van der Waals surface area (Å²) in [6.07, 6.45) is 2.69. The van der Waals surface area contributed by atoms with E-state index < -0.39 is 4.92 Å². The van der Waals surface area contributed by atoms with Gasteiger partial charge in [0.25, 0.3) is 11.6 Å². The van der Waals surface area contributed by atoms with E-state index in [0.29, 0.717) is 69.3 Å². The number of anilines is 2. The van der Waals surface area contributed by atoms with E-state index in [4.69, 9.17) is 4.74 Å². The number of nitro groups is 1. The van der Waals surface area contributed by atoms with E-state index in [2.05, 4.69) is 10.3 Å². The first kappa shape index (κ1) is 22.7. The van der Waals surface area contributed by atoms with Crippen molar-refractivity contribution in [3.63, 3.8) is 0 Å². The molecular weight excluding hydrogens is 426 g/mol. The second kappa shape index (κ2) is 9.95. The second-order valence-corrected chi connectivity index (χ2v) is 8.33. The number of carbonyl (C=O) groups excluding carboxylic acids is 2. The van der Waals surface area contributed by atoms with Gasteiger partial charge in [-0.3, -0.25) is 19.7 Å². The van der Waals surface area contributed by atoms with Crippen molar-refractivity contribution in [3.05, 3.63) is 57.8 Å². The topological polar surface area (TPSA) is 118 Å². The molecule has 0 atom stereocenters. The summed E-state index contributed by atoms with van der Waals surface area (Å²) in [4.78, 5) is 44.7. The number of pyridine rings is 1. The fraction of sp³-hybridized carbons (Fsp3) is 0.435. The van der Waals surface area contributed by atoms with Crippen LogP contribution in [0, 0.1) is 23.0 Å². The van der Waals surface area contributed by atoms with Gasteiger partial charge in [0.2, 0.25) is 5.91 Å². The number of ether oxygens (including phenoxy) is 1. The lowest BCUT2D eigenvalue weighted by molar-refractivity contribution is -0.384. The number of aryl methyl sites for hydroxylation is 1. The van der Waals surface area contributed by atoms with E-state index in [9.17, 15) is 19.7 Å². The van der Waals surface area contributed by atoms with Crippen LogP contribution in [0.2, 0.25) is 0 Å². The molecule has 2 aliphatic heterocycles. The SMILES string of the molecule is Cc1ccnc(NC(=O)C2CCN(C(=O)c3cc([N+](=O)[O-])ccc3N3CCOCC3)CC2)c1. The zero-order valence-electron chi connectivity index (χ0n) is 18.5. The summed E-state index contributed by atoms with van der Waals surface area (Å²) in [5, 5.41) is 14.2. The lowest BCUT2D eigenvalue weighted by atomic mass is 9.95. The molecule has 1 aromatic carbocycles. The van der Waals surface area contributed by atoms with Gasteiger partial charge in [-0.05, 0) is 43.5 Å². The first-order chi connectivity index (χ1) is 15.9. The number of amides is 2. The highest BCUT2D eigenvalue weighted by molar-refractivity contribution is 6.01. The highest BCUT2D eigenvalue weighted by Crippen LogP contribution is 2.29. The van der Waals surface area contributed by atoms with Gasteiger partial charge in [-0.2, -0.15) is 0 Å². The van der Waals surface area contributed by atoms with Crippen LogP contribution in [0.4, 0.5) is 17.2 Å². The Morgan fingerprint density at radius 3 is 2.52 bits per heavy atom. The minimum absolute atomic E-state index is 0.107. The average Bonchev–Trinajstić information content (AvgIpc) is 2.84. The summed E-state index contributed by atoms with van der Waals surface area (Å²) < 4.78 is 5.40. The molecule has 174 valence electrons. The summed E-state index contributed by atoms with van der Waals surface area (Å²) in [7, 11) is 0. The van der Waals surface area contributed by atoms with Crippen molar-refractivity contribution < 1.29 is 19.2 Å². The lowest BCUT2D eigenvalue weighted by Crippen LogP contribution is -2.43. The predicted molar refractivity (Wildman–Crippen MR) is 122 cm³/mol. The van der Waals surface area contributed by atoms with Crippen LogP contribution >= 0.6 is 0 Å². The number of nitrogens with one attached hydrogen (secondary N) is 1. The Labute approximate surface area is 191 Å². The fourth-order valence-corrected chi connectivity index (χ4v) is 4.24. The van der Waals surface area contributed by atoms with Crippen molar-refractivity contribution in [1.82, 2.24) is 9.88 Å². The zero-order chi connectivity index (χ0) is 23.4. The molecule has 10 nitrogen and oxygen atoms in total. The molecule has 10 heteroatoms. The quantitative estimate of drug-likeness (QED) is 0.546. The molecule has 0 radical (unpaired) electrons. The Balaban J connectivity index is 1.45. The first-order valence-corrected chi connectivity index (χ1v) is 11.1. The Hall–Kier alpha value is -3.53. The van der Waals surface area contributed by atoms with Crippen molar-refractivity contribution in [2.45, 2.75) is 19.8 Å². The maximum atomic E-state index is 13.4. The van der Waals surface area contributed by atoms with Gasteiger partial charge >= 0.3 is 0 Å². The monoisotopic (exact) mass is 453 g/mol. The lowest BCUT2D eigenvalue weighted by Gasteiger charge is -2.34. The standard InChI is InChI=1S/C23H27N5O5/c1-16-4-7-24-21(14-16)25-22(29)17-5-8-27(9-6-17)23(30)19-15-18(28(31)32)2-3-20(19)26-10-12-33-13-11-26/h2-4,7,14-15,17H,5-6,8-13H2,1H3,(H,24,25,29). The minimum atomic E-state index is -0.490. The number of hydrogen-bond acceptors (Lipinski definition) is 7. The number of nitro benzene ring substituents is 1. The molecule has 0 saturated carbocycles. The van der Waals surface area contributed by atoms with E-state index in [-0.39, 0.29) is 23.4 Å². The van der Waals surface area contributed by atoms with Gasteiger partial charge in [-0.25, -0.2) is 4.98 Å². The van der Waals surface area contributed by atoms with E-state index in [1.807, 2.05) is 24.0 Å². The van der Waals surface area contributed by atoms with Crippen LogP contribution in [-0.2, 0) is 9.53 Å². The van der Waals surface area contributed by atoms with E-state index in [0.717, 1.165) is 5.56 Å².